The molecule has 0 aliphatic heterocycles. The van der Waals surface area contributed by atoms with E-state index >= 15 is 0 Å². The standard InChI is InChI=1S/C15H23NOSe/c1-3-4-5-9-12-15(16-13(2)17)18-14-10-7-6-8-11-14/h6-8,10-11,15H,3-5,9,12H2,1-2H3,(H,16,17). The van der Waals surface area contributed by atoms with Gasteiger partial charge in [-0.15, -0.1) is 0 Å². The van der Waals surface area contributed by atoms with Crippen LogP contribution in [0.25, 0.3) is 0 Å². The molecule has 1 atom stereocenters. The predicted molar refractivity (Wildman–Crippen MR) is 78.2 cm³/mol. The fourth-order valence-electron chi connectivity index (χ4n) is 1.81. The number of carbonyl (C=O) groups is 1. The number of rotatable bonds is 8. The summed E-state index contributed by atoms with van der Waals surface area (Å²) in [5.74, 6) is 0.0910. The monoisotopic (exact) mass is 313 g/mol. The van der Waals surface area contributed by atoms with Gasteiger partial charge in [0.25, 0.3) is 0 Å². The molecule has 0 spiro atoms. The minimum atomic E-state index is 0.0910. The topological polar surface area (TPSA) is 29.1 Å². The van der Waals surface area contributed by atoms with E-state index in [9.17, 15) is 4.79 Å². The third-order valence-electron chi connectivity index (χ3n) is 2.71. The third kappa shape index (κ3) is 6.83. The maximum atomic E-state index is 11.2. The van der Waals surface area contributed by atoms with E-state index in [4.69, 9.17) is 0 Å². The SMILES string of the molecule is CCCCCCC(NC(C)=O)[Se]c1ccccc1. The number of hydrogen-bond donors (Lipinski definition) is 1. The van der Waals surface area contributed by atoms with Crippen LogP contribution in [0.1, 0.15) is 46.0 Å². The first-order valence-electron chi connectivity index (χ1n) is 6.71. The van der Waals surface area contributed by atoms with Crippen molar-refractivity contribution >= 4 is 25.3 Å². The molecule has 0 bridgehead atoms. The molecule has 1 aromatic carbocycles. The number of carbonyl (C=O) groups excluding carboxylic acids is 1. The molecule has 0 aliphatic rings. The van der Waals surface area contributed by atoms with Gasteiger partial charge in [0.2, 0.25) is 0 Å². The van der Waals surface area contributed by atoms with Gasteiger partial charge in [-0.25, -0.2) is 0 Å². The second-order valence-corrected chi connectivity index (χ2v) is 7.15. The summed E-state index contributed by atoms with van der Waals surface area (Å²) in [7, 11) is 0. The summed E-state index contributed by atoms with van der Waals surface area (Å²) in [6.45, 7) is 3.83. The van der Waals surface area contributed by atoms with Crippen molar-refractivity contribution in [1.29, 1.82) is 0 Å². The van der Waals surface area contributed by atoms with Crippen LogP contribution in [0.15, 0.2) is 30.3 Å². The Hall–Kier alpha value is -0.791. The van der Waals surface area contributed by atoms with Crippen LogP contribution in [-0.2, 0) is 4.79 Å². The van der Waals surface area contributed by atoms with Crippen molar-refractivity contribution in [2.24, 2.45) is 0 Å². The molecule has 18 heavy (non-hydrogen) atoms. The van der Waals surface area contributed by atoms with E-state index in [1.165, 1.54) is 30.1 Å². The zero-order valence-electron chi connectivity index (χ0n) is 11.3. The molecule has 0 heterocycles. The van der Waals surface area contributed by atoms with Gasteiger partial charge in [-0.1, -0.05) is 0 Å². The molecule has 1 aromatic rings. The summed E-state index contributed by atoms with van der Waals surface area (Å²) in [5, 5.41) is 3.09. The Kier molecular flexibility index (Phi) is 7.79. The minimum absolute atomic E-state index is 0.0910. The van der Waals surface area contributed by atoms with E-state index in [0.29, 0.717) is 19.9 Å². The molecular weight excluding hydrogens is 289 g/mol. The van der Waals surface area contributed by atoms with Crippen LogP contribution in [0, 0.1) is 0 Å². The van der Waals surface area contributed by atoms with Crippen LogP contribution >= 0.6 is 0 Å². The van der Waals surface area contributed by atoms with Crippen molar-refractivity contribution in [2.75, 3.05) is 0 Å². The average molecular weight is 312 g/mol. The Labute approximate surface area is 117 Å². The van der Waals surface area contributed by atoms with Gasteiger partial charge in [-0.05, 0) is 0 Å². The Bertz CT molecular complexity index is 340. The summed E-state index contributed by atoms with van der Waals surface area (Å²) in [6, 6.07) is 10.5. The number of unbranched alkanes of at least 4 members (excludes halogenated alkanes) is 3. The van der Waals surface area contributed by atoms with Crippen LogP contribution in [-0.4, -0.2) is 25.8 Å². The number of amides is 1. The van der Waals surface area contributed by atoms with Crippen molar-refractivity contribution in [2.45, 2.75) is 50.9 Å². The van der Waals surface area contributed by atoms with Gasteiger partial charge in [0.1, 0.15) is 0 Å². The van der Waals surface area contributed by atoms with Gasteiger partial charge in [-0.2, -0.15) is 0 Å². The summed E-state index contributed by atoms with van der Waals surface area (Å²) in [6.07, 6.45) is 6.15. The molecular formula is C15H23NOSe. The van der Waals surface area contributed by atoms with Crippen molar-refractivity contribution in [3.63, 3.8) is 0 Å². The summed E-state index contributed by atoms with van der Waals surface area (Å²) in [5.41, 5.74) is 0. The van der Waals surface area contributed by atoms with Crippen molar-refractivity contribution < 1.29 is 4.79 Å². The van der Waals surface area contributed by atoms with Crippen LogP contribution in [0.5, 0.6) is 0 Å². The van der Waals surface area contributed by atoms with Crippen LogP contribution < -0.4 is 9.78 Å². The van der Waals surface area contributed by atoms with E-state index in [1.54, 1.807) is 6.92 Å². The molecule has 0 radical (unpaired) electrons. The second-order valence-electron chi connectivity index (χ2n) is 4.47. The molecule has 0 aromatic heterocycles. The van der Waals surface area contributed by atoms with Gasteiger partial charge in [0.15, 0.2) is 0 Å². The normalized spacial score (nSPS) is 12.1. The Morgan fingerprint density at radius 2 is 1.94 bits per heavy atom. The van der Waals surface area contributed by atoms with Crippen molar-refractivity contribution in [3.8, 4) is 0 Å². The quantitative estimate of drug-likeness (QED) is 0.580. The molecule has 1 rings (SSSR count). The summed E-state index contributed by atoms with van der Waals surface area (Å²) in [4.78, 5) is 11.6. The van der Waals surface area contributed by atoms with Crippen LogP contribution in [0.3, 0.4) is 0 Å². The maximum absolute atomic E-state index is 11.2. The first kappa shape index (κ1) is 15.3. The van der Waals surface area contributed by atoms with E-state index in [0.717, 1.165) is 6.42 Å². The first-order chi connectivity index (χ1) is 8.72. The van der Waals surface area contributed by atoms with E-state index in [2.05, 4.69) is 36.5 Å². The molecule has 1 N–H and O–H groups in total. The molecule has 2 nitrogen and oxygen atoms in total. The number of hydrogen-bond acceptors (Lipinski definition) is 1. The molecule has 3 heteroatoms. The molecule has 100 valence electrons. The Morgan fingerprint density at radius 3 is 2.56 bits per heavy atom. The summed E-state index contributed by atoms with van der Waals surface area (Å²) >= 11 is 0.332. The fraction of sp³-hybridized carbons (Fsp3) is 0.533. The molecule has 1 amide bonds. The Morgan fingerprint density at radius 1 is 1.22 bits per heavy atom. The fourth-order valence-corrected chi connectivity index (χ4v) is 4.22. The van der Waals surface area contributed by atoms with Gasteiger partial charge < -0.3 is 0 Å². The molecule has 0 saturated carbocycles. The summed E-state index contributed by atoms with van der Waals surface area (Å²) < 4.78 is 1.36. The van der Waals surface area contributed by atoms with E-state index in [1.807, 2.05) is 6.07 Å². The second kappa shape index (κ2) is 9.18. The van der Waals surface area contributed by atoms with Crippen LogP contribution in [0.2, 0.25) is 0 Å². The van der Waals surface area contributed by atoms with Crippen molar-refractivity contribution in [1.82, 2.24) is 5.32 Å². The van der Waals surface area contributed by atoms with Gasteiger partial charge >= 0.3 is 117 Å². The van der Waals surface area contributed by atoms with Crippen LogP contribution in [0.4, 0.5) is 0 Å². The predicted octanol–water partition coefficient (Wildman–Crippen LogP) is 2.45. The molecule has 1 unspecified atom stereocenters. The zero-order chi connectivity index (χ0) is 13.2. The van der Waals surface area contributed by atoms with E-state index in [-0.39, 0.29) is 5.91 Å². The van der Waals surface area contributed by atoms with Gasteiger partial charge in [0.05, 0.1) is 0 Å². The average Bonchev–Trinajstić information content (AvgIpc) is 2.35. The van der Waals surface area contributed by atoms with Crippen molar-refractivity contribution in [3.05, 3.63) is 30.3 Å². The van der Waals surface area contributed by atoms with Gasteiger partial charge in [-0.3, -0.25) is 0 Å². The molecule has 0 saturated heterocycles. The first-order valence-corrected chi connectivity index (χ1v) is 8.55. The molecule has 0 aliphatic carbocycles. The van der Waals surface area contributed by atoms with Gasteiger partial charge in [0, 0.05) is 0 Å². The zero-order valence-corrected chi connectivity index (χ0v) is 13.0. The number of benzene rings is 1. The third-order valence-corrected chi connectivity index (χ3v) is 5.19. The molecule has 0 fully saturated rings. The number of nitrogens with one attached hydrogen (secondary N) is 1. The Balaban J connectivity index is 2.42. The van der Waals surface area contributed by atoms with E-state index < -0.39 is 0 Å².